The maximum Gasteiger partial charge on any atom is 0.155 e. The van der Waals surface area contributed by atoms with Crippen molar-refractivity contribution in [2.24, 2.45) is 0 Å². The quantitative estimate of drug-likeness (QED) is 0.429. The summed E-state index contributed by atoms with van der Waals surface area (Å²) in [5.74, 6) is -0.399. The molecule has 1 saturated carbocycles. The van der Waals surface area contributed by atoms with Gasteiger partial charge in [-0.05, 0) is 64.8 Å². The molecule has 0 aliphatic heterocycles. The van der Waals surface area contributed by atoms with Gasteiger partial charge in [-0.15, -0.1) is 0 Å². The van der Waals surface area contributed by atoms with E-state index < -0.39 is 5.82 Å². The van der Waals surface area contributed by atoms with Gasteiger partial charge in [0, 0.05) is 39.6 Å². The van der Waals surface area contributed by atoms with Gasteiger partial charge in [-0.2, -0.15) is 15.5 Å². The third-order valence-electron chi connectivity index (χ3n) is 6.99. The molecule has 34 heavy (non-hydrogen) atoms. The number of aromatic nitrogens is 5. The van der Waals surface area contributed by atoms with Crippen LogP contribution in [0.25, 0.3) is 16.6 Å². The minimum atomic E-state index is -0.399. The van der Waals surface area contributed by atoms with Crippen LogP contribution in [0.5, 0.6) is 0 Å². The first-order valence-corrected chi connectivity index (χ1v) is 12.2. The average Bonchev–Trinajstić information content (AvgIpc) is 3.44. The summed E-state index contributed by atoms with van der Waals surface area (Å²) in [5, 5.41) is 22.4. The number of hydrogen-bond donors (Lipinski definition) is 1. The van der Waals surface area contributed by atoms with E-state index in [1.165, 1.54) is 24.0 Å². The van der Waals surface area contributed by atoms with E-state index in [9.17, 15) is 9.65 Å². The van der Waals surface area contributed by atoms with Gasteiger partial charge in [0.2, 0.25) is 0 Å². The molecule has 0 bridgehead atoms. The number of fused-ring (bicyclic) bond motifs is 1. The molecular formula is C25H26FN7S. The first-order valence-electron chi connectivity index (χ1n) is 11.4. The summed E-state index contributed by atoms with van der Waals surface area (Å²) in [6.07, 6.45) is 11.3. The predicted octanol–water partition coefficient (Wildman–Crippen LogP) is 5.16. The van der Waals surface area contributed by atoms with Crippen molar-refractivity contribution < 1.29 is 4.39 Å². The van der Waals surface area contributed by atoms with Crippen LogP contribution in [0.2, 0.25) is 0 Å². The van der Waals surface area contributed by atoms with E-state index in [4.69, 9.17) is 5.10 Å². The molecule has 0 saturated heterocycles. The van der Waals surface area contributed by atoms with Crippen LogP contribution in [0, 0.1) is 24.1 Å². The van der Waals surface area contributed by atoms with Gasteiger partial charge in [0.05, 0.1) is 29.5 Å². The first-order chi connectivity index (χ1) is 16.4. The zero-order valence-electron chi connectivity index (χ0n) is 19.4. The van der Waals surface area contributed by atoms with E-state index in [1.54, 1.807) is 16.8 Å². The lowest BCUT2D eigenvalue weighted by molar-refractivity contribution is 0.208. The third kappa shape index (κ3) is 3.97. The van der Waals surface area contributed by atoms with Crippen molar-refractivity contribution in [2.75, 3.05) is 7.05 Å². The summed E-state index contributed by atoms with van der Waals surface area (Å²) in [7, 11) is 2.03. The first kappa shape index (κ1) is 22.6. The molecule has 4 heterocycles. The zero-order valence-corrected chi connectivity index (χ0v) is 20.2. The van der Waals surface area contributed by atoms with Gasteiger partial charge < -0.3 is 5.32 Å². The Bertz CT molecular complexity index is 1390. The third-order valence-corrected chi connectivity index (χ3v) is 8.02. The van der Waals surface area contributed by atoms with Crippen molar-refractivity contribution >= 4 is 17.3 Å². The highest BCUT2D eigenvalue weighted by Gasteiger charge is 2.31. The second-order valence-corrected chi connectivity index (χ2v) is 10.1. The van der Waals surface area contributed by atoms with E-state index in [0.29, 0.717) is 17.1 Å². The molecule has 0 spiro atoms. The van der Waals surface area contributed by atoms with Crippen LogP contribution < -0.4 is 5.32 Å². The topological polar surface area (TPSA) is 83.8 Å². The van der Waals surface area contributed by atoms with Gasteiger partial charge in [-0.25, -0.2) is 13.9 Å². The molecule has 0 radical (unpaired) electrons. The molecule has 1 aliphatic carbocycles. The van der Waals surface area contributed by atoms with Gasteiger partial charge in [-0.3, -0.25) is 4.68 Å². The fourth-order valence-corrected chi connectivity index (χ4v) is 5.72. The molecule has 1 fully saturated rings. The lowest BCUT2D eigenvalue weighted by atomic mass is 9.81. The lowest BCUT2D eigenvalue weighted by Gasteiger charge is -2.37. The molecular weight excluding hydrogens is 449 g/mol. The van der Waals surface area contributed by atoms with E-state index in [0.717, 1.165) is 47.4 Å². The molecule has 0 amide bonds. The summed E-state index contributed by atoms with van der Waals surface area (Å²) in [6.45, 7) is 4.37. The average molecular weight is 476 g/mol. The summed E-state index contributed by atoms with van der Waals surface area (Å²) in [6, 6.07) is 7.48. The molecule has 4 aromatic heterocycles. The van der Waals surface area contributed by atoms with Crippen molar-refractivity contribution in [3.8, 4) is 17.2 Å². The van der Waals surface area contributed by atoms with Gasteiger partial charge in [-0.1, -0.05) is 11.8 Å². The van der Waals surface area contributed by atoms with E-state index in [2.05, 4.69) is 40.0 Å². The Kier molecular flexibility index (Phi) is 5.88. The van der Waals surface area contributed by atoms with E-state index >= 15 is 0 Å². The second kappa shape index (κ2) is 8.85. The Hall–Kier alpha value is -3.22. The zero-order chi connectivity index (χ0) is 23.9. The number of pyridine rings is 2. The van der Waals surface area contributed by atoms with Crippen LogP contribution in [-0.4, -0.2) is 37.0 Å². The lowest BCUT2D eigenvalue weighted by Crippen LogP contribution is -2.43. The SMILES string of the molecule is CNC1(C)CCC(n2ncc(-c3cc(Sc4ncccc4F)c4c(C#N)cnn4c3)c2C)CC1. The fraction of sp³-hybridized carbons (Fsp3) is 0.360. The Morgan fingerprint density at radius 3 is 2.76 bits per heavy atom. The number of nitrogens with zero attached hydrogens (tertiary/aromatic N) is 6. The number of nitrogens with one attached hydrogen (secondary N) is 1. The highest BCUT2D eigenvalue weighted by molar-refractivity contribution is 7.99. The van der Waals surface area contributed by atoms with Crippen LogP contribution in [0.1, 0.15) is 49.9 Å². The minimum Gasteiger partial charge on any atom is -0.315 e. The Labute approximate surface area is 202 Å². The van der Waals surface area contributed by atoms with Gasteiger partial charge in [0.25, 0.3) is 0 Å². The number of nitriles is 1. The van der Waals surface area contributed by atoms with Crippen LogP contribution in [-0.2, 0) is 0 Å². The molecule has 4 aromatic rings. The standard InChI is InChI=1S/C25H26FN7S/c1-16-20(14-31-33(16)19-6-8-25(2,28-3)9-7-19)17-11-22(34-24-21(26)5-4-10-29-24)23-18(12-27)13-30-32(23)15-17/h4-5,10-11,13-15,19,28H,6-9H2,1-3H3. The van der Waals surface area contributed by atoms with Crippen molar-refractivity contribution in [3.63, 3.8) is 0 Å². The summed E-state index contributed by atoms with van der Waals surface area (Å²) in [4.78, 5) is 4.90. The number of halogens is 1. The molecule has 5 rings (SSSR count). The molecule has 0 atom stereocenters. The maximum atomic E-state index is 14.4. The van der Waals surface area contributed by atoms with Gasteiger partial charge in [0.15, 0.2) is 5.82 Å². The highest BCUT2D eigenvalue weighted by Crippen LogP contribution is 2.39. The normalized spacial score (nSPS) is 20.5. The molecule has 9 heteroatoms. The Balaban J connectivity index is 1.54. The van der Waals surface area contributed by atoms with Crippen LogP contribution in [0.3, 0.4) is 0 Å². The predicted molar refractivity (Wildman–Crippen MR) is 129 cm³/mol. The van der Waals surface area contributed by atoms with E-state index in [1.807, 2.05) is 25.5 Å². The van der Waals surface area contributed by atoms with E-state index in [-0.39, 0.29) is 10.6 Å². The second-order valence-electron chi connectivity index (χ2n) is 9.08. The molecule has 0 unspecified atom stereocenters. The fourth-order valence-electron chi connectivity index (χ4n) is 4.75. The van der Waals surface area contributed by atoms with Crippen LogP contribution >= 0.6 is 11.8 Å². The van der Waals surface area contributed by atoms with Gasteiger partial charge in [0.1, 0.15) is 11.1 Å². The van der Waals surface area contributed by atoms with Crippen LogP contribution in [0.4, 0.5) is 4.39 Å². The van der Waals surface area contributed by atoms with Crippen molar-refractivity contribution in [1.29, 1.82) is 5.26 Å². The van der Waals surface area contributed by atoms with Crippen molar-refractivity contribution in [1.82, 2.24) is 29.7 Å². The molecule has 174 valence electrons. The summed E-state index contributed by atoms with van der Waals surface area (Å²) >= 11 is 1.20. The summed E-state index contributed by atoms with van der Waals surface area (Å²) in [5.41, 5.74) is 4.28. The number of rotatable bonds is 5. The van der Waals surface area contributed by atoms with Crippen LogP contribution in [0.15, 0.2) is 52.9 Å². The summed E-state index contributed by atoms with van der Waals surface area (Å²) < 4.78 is 18.2. The minimum absolute atomic E-state index is 0.191. The maximum absolute atomic E-state index is 14.4. The van der Waals surface area contributed by atoms with Crippen molar-refractivity contribution in [3.05, 3.63) is 60.1 Å². The molecule has 7 nitrogen and oxygen atoms in total. The molecule has 1 N–H and O–H groups in total. The van der Waals surface area contributed by atoms with Crippen molar-refractivity contribution in [2.45, 2.75) is 61.0 Å². The molecule has 1 aliphatic rings. The smallest absolute Gasteiger partial charge is 0.155 e. The molecule has 0 aromatic carbocycles. The number of hydrogen-bond acceptors (Lipinski definition) is 6. The highest BCUT2D eigenvalue weighted by atomic mass is 32.2. The monoisotopic (exact) mass is 475 g/mol. The van der Waals surface area contributed by atoms with Gasteiger partial charge >= 0.3 is 0 Å². The Morgan fingerprint density at radius 2 is 2.06 bits per heavy atom. The Morgan fingerprint density at radius 1 is 1.26 bits per heavy atom. The largest absolute Gasteiger partial charge is 0.315 e.